The maximum Gasteiger partial charge on any atom is 0.355 e. The number of carbonyl (C=O) groups is 4. The van der Waals surface area contributed by atoms with Crippen molar-refractivity contribution in [2.45, 2.75) is 45.6 Å². The standard InChI is InChI=1S/C20H21F2N3O5S/c1-4-5-13(23-18(28)15(26)10-6-11(21)8-12(22)7-10)17(27)25-20-24-14(19(29)30)16(31-20)9(2)3/h6-9,13H,4-5H2,1-3H3,(H,23,28)(H,29,30)(H,24,25,27)/t13-/m0/s1. The van der Waals surface area contributed by atoms with Crippen LogP contribution in [0.15, 0.2) is 18.2 Å². The second-order valence-electron chi connectivity index (χ2n) is 6.98. The molecule has 1 aromatic carbocycles. The van der Waals surface area contributed by atoms with E-state index in [0.717, 1.165) is 23.5 Å². The van der Waals surface area contributed by atoms with E-state index in [4.69, 9.17) is 0 Å². The van der Waals surface area contributed by atoms with Gasteiger partial charge in [-0.05, 0) is 24.5 Å². The van der Waals surface area contributed by atoms with Crippen LogP contribution in [0, 0.1) is 11.6 Å². The van der Waals surface area contributed by atoms with Crippen LogP contribution in [-0.2, 0) is 9.59 Å². The molecule has 0 aliphatic carbocycles. The summed E-state index contributed by atoms with van der Waals surface area (Å²) >= 11 is 0.998. The van der Waals surface area contributed by atoms with Gasteiger partial charge < -0.3 is 15.7 Å². The Labute approximate surface area is 180 Å². The van der Waals surface area contributed by atoms with Crippen molar-refractivity contribution in [1.29, 1.82) is 0 Å². The molecule has 0 saturated carbocycles. The van der Waals surface area contributed by atoms with E-state index in [-0.39, 0.29) is 23.2 Å². The first-order chi connectivity index (χ1) is 14.5. The van der Waals surface area contributed by atoms with Crippen LogP contribution in [-0.4, -0.2) is 39.7 Å². The number of nitrogens with one attached hydrogen (secondary N) is 2. The molecule has 1 atom stereocenters. The summed E-state index contributed by atoms with van der Waals surface area (Å²) in [5.74, 6) is -6.49. The van der Waals surface area contributed by atoms with Gasteiger partial charge in [-0.25, -0.2) is 18.6 Å². The summed E-state index contributed by atoms with van der Waals surface area (Å²) in [6.07, 6.45) is 0.632. The second-order valence-corrected chi connectivity index (χ2v) is 8.01. The van der Waals surface area contributed by atoms with Crippen LogP contribution in [0.2, 0.25) is 0 Å². The Hall–Kier alpha value is -3.21. The maximum atomic E-state index is 13.3. The zero-order chi connectivity index (χ0) is 23.3. The molecule has 2 aromatic rings. The van der Waals surface area contributed by atoms with Gasteiger partial charge in [0, 0.05) is 16.5 Å². The first-order valence-electron chi connectivity index (χ1n) is 9.39. The summed E-state index contributed by atoms with van der Waals surface area (Å²) in [7, 11) is 0. The van der Waals surface area contributed by atoms with Gasteiger partial charge in [0.2, 0.25) is 11.7 Å². The molecule has 2 rings (SSSR count). The molecule has 1 aromatic heterocycles. The molecule has 166 valence electrons. The lowest BCUT2D eigenvalue weighted by atomic mass is 10.1. The summed E-state index contributed by atoms with van der Waals surface area (Å²) in [5.41, 5.74) is -0.659. The van der Waals surface area contributed by atoms with Crippen molar-refractivity contribution in [3.05, 3.63) is 46.0 Å². The van der Waals surface area contributed by atoms with Crippen molar-refractivity contribution in [3.8, 4) is 0 Å². The van der Waals surface area contributed by atoms with Crippen LogP contribution >= 0.6 is 11.3 Å². The lowest BCUT2D eigenvalue weighted by molar-refractivity contribution is -0.124. The summed E-state index contributed by atoms with van der Waals surface area (Å²) in [5, 5.41) is 14.0. The summed E-state index contributed by atoms with van der Waals surface area (Å²) < 4.78 is 26.6. The molecule has 2 amide bonds. The van der Waals surface area contributed by atoms with E-state index in [1.165, 1.54) is 0 Å². The Kier molecular flexibility index (Phi) is 7.92. The van der Waals surface area contributed by atoms with Gasteiger partial charge in [-0.1, -0.05) is 27.2 Å². The van der Waals surface area contributed by atoms with Crippen molar-refractivity contribution < 1.29 is 33.1 Å². The van der Waals surface area contributed by atoms with Crippen molar-refractivity contribution >= 4 is 40.0 Å². The third-order valence-electron chi connectivity index (χ3n) is 4.14. The quantitative estimate of drug-likeness (QED) is 0.395. The van der Waals surface area contributed by atoms with Gasteiger partial charge in [-0.2, -0.15) is 0 Å². The van der Waals surface area contributed by atoms with Crippen LogP contribution in [0.25, 0.3) is 0 Å². The number of halogens is 2. The maximum absolute atomic E-state index is 13.3. The molecule has 0 aliphatic rings. The van der Waals surface area contributed by atoms with Gasteiger partial charge in [-0.15, -0.1) is 11.3 Å². The molecule has 0 fully saturated rings. The fraction of sp³-hybridized carbons (Fsp3) is 0.350. The molecule has 0 aliphatic heterocycles. The summed E-state index contributed by atoms with van der Waals surface area (Å²) in [6.45, 7) is 5.32. The number of carboxylic acid groups (broad SMARTS) is 1. The average Bonchev–Trinajstić information content (AvgIpc) is 3.10. The molecule has 0 bridgehead atoms. The smallest absolute Gasteiger partial charge is 0.355 e. The molecular weight excluding hydrogens is 432 g/mol. The minimum atomic E-state index is -1.23. The van der Waals surface area contributed by atoms with Crippen molar-refractivity contribution in [1.82, 2.24) is 10.3 Å². The van der Waals surface area contributed by atoms with E-state index in [9.17, 15) is 33.1 Å². The number of ketones is 1. The number of hydrogen-bond donors (Lipinski definition) is 3. The van der Waals surface area contributed by atoms with Crippen LogP contribution in [0.3, 0.4) is 0 Å². The number of hydrogen-bond acceptors (Lipinski definition) is 6. The predicted molar refractivity (Wildman–Crippen MR) is 109 cm³/mol. The highest BCUT2D eigenvalue weighted by Crippen LogP contribution is 2.30. The number of nitrogens with zero attached hydrogens (tertiary/aromatic N) is 1. The topological polar surface area (TPSA) is 125 Å². The first-order valence-corrected chi connectivity index (χ1v) is 10.2. The van der Waals surface area contributed by atoms with Gasteiger partial charge in [0.15, 0.2) is 10.8 Å². The number of rotatable bonds is 9. The van der Waals surface area contributed by atoms with Gasteiger partial charge in [0.1, 0.15) is 17.7 Å². The highest BCUT2D eigenvalue weighted by atomic mass is 32.1. The van der Waals surface area contributed by atoms with E-state index in [0.29, 0.717) is 17.4 Å². The normalized spacial score (nSPS) is 11.8. The zero-order valence-electron chi connectivity index (χ0n) is 17.0. The molecule has 8 nitrogen and oxygen atoms in total. The molecule has 11 heteroatoms. The monoisotopic (exact) mass is 453 g/mol. The molecular formula is C20H21F2N3O5S. The number of aromatic carboxylic acids is 1. The Morgan fingerprint density at radius 1 is 1.13 bits per heavy atom. The highest BCUT2D eigenvalue weighted by Gasteiger charge is 2.27. The average molecular weight is 453 g/mol. The number of carboxylic acids is 1. The molecule has 0 spiro atoms. The van der Waals surface area contributed by atoms with Gasteiger partial charge in [0.05, 0.1) is 0 Å². The molecule has 1 heterocycles. The Morgan fingerprint density at radius 2 is 1.74 bits per heavy atom. The van der Waals surface area contributed by atoms with E-state index in [2.05, 4.69) is 15.6 Å². The third-order valence-corrected chi connectivity index (χ3v) is 5.41. The Bertz CT molecular complexity index is 1000. The number of benzene rings is 1. The number of carbonyl (C=O) groups excluding carboxylic acids is 3. The fourth-order valence-electron chi connectivity index (χ4n) is 2.72. The Balaban J connectivity index is 2.17. The van der Waals surface area contributed by atoms with E-state index < -0.39 is 46.8 Å². The van der Waals surface area contributed by atoms with Crippen LogP contribution in [0.4, 0.5) is 13.9 Å². The molecule has 0 saturated heterocycles. The SMILES string of the molecule is CCC[C@H](NC(=O)C(=O)c1cc(F)cc(F)c1)C(=O)Nc1nc(C(=O)O)c(C(C)C)s1. The van der Waals surface area contributed by atoms with E-state index in [1.807, 2.05) is 0 Å². The van der Waals surface area contributed by atoms with Gasteiger partial charge in [-0.3, -0.25) is 14.4 Å². The van der Waals surface area contributed by atoms with E-state index >= 15 is 0 Å². The molecule has 3 N–H and O–H groups in total. The summed E-state index contributed by atoms with van der Waals surface area (Å²) in [4.78, 5) is 52.9. The van der Waals surface area contributed by atoms with Crippen molar-refractivity contribution in [2.24, 2.45) is 0 Å². The number of Topliss-reactive ketones (excluding diaryl/α,β-unsaturated/α-hetero) is 1. The van der Waals surface area contributed by atoms with Gasteiger partial charge in [0.25, 0.3) is 5.91 Å². The Morgan fingerprint density at radius 3 is 2.23 bits per heavy atom. The zero-order valence-corrected chi connectivity index (χ0v) is 17.8. The molecule has 0 unspecified atom stereocenters. The number of thiazole rings is 1. The largest absolute Gasteiger partial charge is 0.476 e. The summed E-state index contributed by atoms with van der Waals surface area (Å²) in [6, 6.07) is 0.860. The minimum Gasteiger partial charge on any atom is -0.476 e. The third kappa shape index (κ3) is 6.14. The molecule has 0 radical (unpaired) electrons. The minimum absolute atomic E-state index is 0.0416. The van der Waals surface area contributed by atoms with Crippen LogP contribution in [0.1, 0.15) is 65.3 Å². The van der Waals surface area contributed by atoms with Crippen molar-refractivity contribution in [2.75, 3.05) is 5.32 Å². The predicted octanol–water partition coefficient (Wildman–Crippen LogP) is 3.35. The van der Waals surface area contributed by atoms with Crippen LogP contribution < -0.4 is 10.6 Å². The number of aromatic nitrogens is 1. The first kappa shape index (κ1) is 24.1. The fourth-order valence-corrected chi connectivity index (χ4v) is 3.68. The lowest BCUT2D eigenvalue weighted by Gasteiger charge is -2.16. The van der Waals surface area contributed by atoms with Crippen molar-refractivity contribution in [3.63, 3.8) is 0 Å². The second kappa shape index (κ2) is 10.2. The van der Waals surface area contributed by atoms with Gasteiger partial charge >= 0.3 is 5.97 Å². The molecule has 31 heavy (non-hydrogen) atoms. The highest BCUT2D eigenvalue weighted by molar-refractivity contribution is 7.16. The number of amides is 2. The lowest BCUT2D eigenvalue weighted by Crippen LogP contribution is -2.46. The van der Waals surface area contributed by atoms with Crippen LogP contribution in [0.5, 0.6) is 0 Å². The van der Waals surface area contributed by atoms with E-state index in [1.54, 1.807) is 20.8 Å². The number of anilines is 1.